The first-order valence-corrected chi connectivity index (χ1v) is 7.23. The fraction of sp³-hybridized carbons (Fsp3) is 0.312. The van der Waals surface area contributed by atoms with Gasteiger partial charge in [-0.2, -0.15) is 0 Å². The minimum atomic E-state index is -0.835. The van der Waals surface area contributed by atoms with Gasteiger partial charge in [0, 0.05) is 25.3 Å². The van der Waals surface area contributed by atoms with Gasteiger partial charge in [-0.25, -0.2) is 0 Å². The fourth-order valence-corrected chi connectivity index (χ4v) is 2.12. The smallest absolute Gasteiger partial charge is 0.314 e. The standard InChI is InChI=1S/C16H19N3O5/c1-10-8-14(19-24-10)18-16(21)15(20)17-9-13(23-3)11-6-4-5-7-12(11)22-2/h4-8,13H,9H2,1-3H3,(H,17,20)(H,18,19,21). The van der Waals surface area contributed by atoms with Crippen LogP contribution in [-0.2, 0) is 14.3 Å². The molecule has 0 fully saturated rings. The maximum Gasteiger partial charge on any atom is 0.314 e. The second kappa shape index (κ2) is 8.11. The van der Waals surface area contributed by atoms with Crippen LogP contribution in [0.1, 0.15) is 17.4 Å². The molecule has 24 heavy (non-hydrogen) atoms. The summed E-state index contributed by atoms with van der Waals surface area (Å²) in [6.45, 7) is 1.79. The third-order valence-corrected chi connectivity index (χ3v) is 3.29. The summed E-state index contributed by atoms with van der Waals surface area (Å²) in [6.07, 6.45) is -0.452. The summed E-state index contributed by atoms with van der Waals surface area (Å²) in [4.78, 5) is 23.7. The number of hydrogen-bond donors (Lipinski definition) is 2. The molecule has 2 rings (SSSR count). The molecule has 0 saturated carbocycles. The minimum Gasteiger partial charge on any atom is -0.496 e. The van der Waals surface area contributed by atoms with Crippen LogP contribution in [0.25, 0.3) is 0 Å². The van der Waals surface area contributed by atoms with Crippen molar-refractivity contribution in [3.05, 3.63) is 41.7 Å². The van der Waals surface area contributed by atoms with Gasteiger partial charge < -0.3 is 19.3 Å². The van der Waals surface area contributed by atoms with Gasteiger partial charge in [-0.3, -0.25) is 14.9 Å². The zero-order valence-corrected chi connectivity index (χ0v) is 13.7. The molecule has 2 N–H and O–H groups in total. The first-order chi connectivity index (χ1) is 11.5. The first-order valence-electron chi connectivity index (χ1n) is 7.23. The number of rotatable bonds is 6. The molecule has 1 aromatic carbocycles. The van der Waals surface area contributed by atoms with E-state index in [1.165, 1.54) is 13.2 Å². The van der Waals surface area contributed by atoms with Crippen molar-refractivity contribution in [2.45, 2.75) is 13.0 Å². The van der Waals surface area contributed by atoms with Gasteiger partial charge in [-0.1, -0.05) is 23.4 Å². The summed E-state index contributed by atoms with van der Waals surface area (Å²) in [6, 6.07) is 8.81. The molecule has 2 amide bonds. The number of aromatic nitrogens is 1. The number of nitrogens with one attached hydrogen (secondary N) is 2. The fourth-order valence-electron chi connectivity index (χ4n) is 2.12. The van der Waals surface area contributed by atoms with Crippen LogP contribution < -0.4 is 15.4 Å². The number of carbonyl (C=O) groups excluding carboxylic acids is 2. The Bertz CT molecular complexity index is 713. The number of methoxy groups -OCH3 is 2. The predicted molar refractivity (Wildman–Crippen MR) is 85.6 cm³/mol. The van der Waals surface area contributed by atoms with E-state index < -0.39 is 17.9 Å². The average Bonchev–Trinajstić information content (AvgIpc) is 3.00. The Kier molecular flexibility index (Phi) is 5.91. The number of ether oxygens (including phenoxy) is 2. The van der Waals surface area contributed by atoms with Crippen molar-refractivity contribution in [3.8, 4) is 5.75 Å². The molecule has 8 nitrogen and oxygen atoms in total. The highest BCUT2D eigenvalue weighted by molar-refractivity contribution is 6.39. The van der Waals surface area contributed by atoms with Gasteiger partial charge >= 0.3 is 11.8 Å². The molecule has 128 valence electrons. The molecule has 0 radical (unpaired) electrons. The van der Waals surface area contributed by atoms with E-state index in [-0.39, 0.29) is 12.4 Å². The molecule has 0 saturated heterocycles. The van der Waals surface area contributed by atoms with Gasteiger partial charge in [0.15, 0.2) is 5.82 Å². The largest absolute Gasteiger partial charge is 0.496 e. The Morgan fingerprint density at radius 3 is 2.62 bits per heavy atom. The van der Waals surface area contributed by atoms with Gasteiger partial charge in [0.2, 0.25) is 0 Å². The zero-order chi connectivity index (χ0) is 17.5. The van der Waals surface area contributed by atoms with Crippen LogP contribution in [0.3, 0.4) is 0 Å². The second-order valence-corrected chi connectivity index (χ2v) is 4.95. The van der Waals surface area contributed by atoms with E-state index in [9.17, 15) is 9.59 Å². The number of carbonyl (C=O) groups is 2. The van der Waals surface area contributed by atoms with Gasteiger partial charge in [0.25, 0.3) is 0 Å². The van der Waals surface area contributed by atoms with Crippen LogP contribution in [0.2, 0.25) is 0 Å². The summed E-state index contributed by atoms with van der Waals surface area (Å²) in [7, 11) is 3.07. The van der Waals surface area contributed by atoms with Crippen LogP contribution >= 0.6 is 0 Å². The lowest BCUT2D eigenvalue weighted by atomic mass is 10.1. The number of nitrogens with zero attached hydrogens (tertiary/aromatic N) is 1. The Hall–Kier alpha value is -2.87. The van der Waals surface area contributed by atoms with E-state index in [1.54, 1.807) is 20.1 Å². The van der Waals surface area contributed by atoms with Crippen molar-refractivity contribution < 1.29 is 23.6 Å². The Morgan fingerprint density at radius 2 is 2.00 bits per heavy atom. The number of hydrogen-bond acceptors (Lipinski definition) is 6. The van der Waals surface area contributed by atoms with E-state index >= 15 is 0 Å². The lowest BCUT2D eigenvalue weighted by Gasteiger charge is -2.18. The lowest BCUT2D eigenvalue weighted by molar-refractivity contribution is -0.136. The van der Waals surface area contributed by atoms with Gasteiger partial charge in [0.05, 0.1) is 7.11 Å². The molecular formula is C16H19N3O5. The van der Waals surface area contributed by atoms with Crippen LogP contribution in [0.15, 0.2) is 34.9 Å². The Labute approximate surface area is 139 Å². The van der Waals surface area contributed by atoms with Crippen LogP contribution in [0.4, 0.5) is 5.82 Å². The third-order valence-electron chi connectivity index (χ3n) is 3.29. The number of aryl methyl sites for hydroxylation is 1. The normalized spacial score (nSPS) is 11.6. The van der Waals surface area contributed by atoms with Crippen molar-refractivity contribution in [2.75, 3.05) is 26.1 Å². The monoisotopic (exact) mass is 333 g/mol. The first kappa shape index (κ1) is 17.5. The van der Waals surface area contributed by atoms with E-state index in [2.05, 4.69) is 15.8 Å². The van der Waals surface area contributed by atoms with Gasteiger partial charge in [-0.15, -0.1) is 0 Å². The molecule has 1 aromatic heterocycles. The SMILES string of the molecule is COc1ccccc1C(CNC(=O)C(=O)Nc1cc(C)on1)OC. The average molecular weight is 333 g/mol. The molecule has 2 aromatic rings. The number of anilines is 1. The van der Waals surface area contributed by atoms with E-state index in [1.807, 2.05) is 18.2 Å². The van der Waals surface area contributed by atoms with Crippen molar-refractivity contribution in [2.24, 2.45) is 0 Å². The van der Waals surface area contributed by atoms with Crippen molar-refractivity contribution in [3.63, 3.8) is 0 Å². The maximum atomic E-state index is 11.9. The summed E-state index contributed by atoms with van der Waals surface area (Å²) < 4.78 is 15.5. The van der Waals surface area contributed by atoms with E-state index in [0.29, 0.717) is 11.5 Å². The molecule has 0 aliphatic carbocycles. The quantitative estimate of drug-likeness (QED) is 0.775. The Morgan fingerprint density at radius 1 is 1.25 bits per heavy atom. The topological polar surface area (TPSA) is 103 Å². The summed E-state index contributed by atoms with van der Waals surface area (Å²) in [5.41, 5.74) is 0.773. The lowest BCUT2D eigenvalue weighted by Crippen LogP contribution is -2.38. The molecule has 8 heteroatoms. The molecule has 1 unspecified atom stereocenters. The summed E-state index contributed by atoms with van der Waals surface area (Å²) >= 11 is 0. The van der Waals surface area contributed by atoms with E-state index in [0.717, 1.165) is 5.56 Å². The molecule has 0 aliphatic heterocycles. The van der Waals surface area contributed by atoms with E-state index in [4.69, 9.17) is 14.0 Å². The third kappa shape index (κ3) is 4.32. The van der Waals surface area contributed by atoms with Crippen LogP contribution in [0, 0.1) is 6.92 Å². The van der Waals surface area contributed by atoms with Gasteiger partial charge in [-0.05, 0) is 13.0 Å². The highest BCUT2D eigenvalue weighted by Gasteiger charge is 2.20. The summed E-state index contributed by atoms with van der Waals surface area (Å²) in [5, 5.41) is 8.46. The molecule has 1 heterocycles. The molecule has 0 aliphatic rings. The molecule has 0 bridgehead atoms. The molecular weight excluding hydrogens is 314 g/mol. The van der Waals surface area contributed by atoms with Crippen molar-refractivity contribution in [1.82, 2.24) is 10.5 Å². The second-order valence-electron chi connectivity index (χ2n) is 4.95. The molecule has 1 atom stereocenters. The number of para-hydroxylation sites is 1. The van der Waals surface area contributed by atoms with Gasteiger partial charge in [0.1, 0.15) is 17.6 Å². The predicted octanol–water partition coefficient (Wildman–Crippen LogP) is 1.43. The van der Waals surface area contributed by atoms with Crippen LogP contribution in [-0.4, -0.2) is 37.7 Å². The molecule has 0 spiro atoms. The van der Waals surface area contributed by atoms with Crippen molar-refractivity contribution in [1.29, 1.82) is 0 Å². The highest BCUT2D eigenvalue weighted by atomic mass is 16.5. The zero-order valence-electron chi connectivity index (χ0n) is 13.7. The van der Waals surface area contributed by atoms with Crippen LogP contribution in [0.5, 0.6) is 5.75 Å². The Balaban J connectivity index is 1.94. The number of amides is 2. The minimum absolute atomic E-state index is 0.112. The summed E-state index contributed by atoms with van der Waals surface area (Å²) in [5.74, 6) is -0.283. The highest BCUT2D eigenvalue weighted by Crippen LogP contribution is 2.26. The maximum absolute atomic E-state index is 11.9. The van der Waals surface area contributed by atoms with Crippen molar-refractivity contribution >= 4 is 17.6 Å². The number of benzene rings is 1.